The second kappa shape index (κ2) is 6.38. The molecule has 0 aliphatic heterocycles. The Kier molecular flexibility index (Phi) is 5.45. The van der Waals surface area contributed by atoms with Crippen molar-refractivity contribution in [1.82, 2.24) is 15.1 Å². The molecule has 0 heterocycles. The van der Waals surface area contributed by atoms with Crippen molar-refractivity contribution in [2.75, 3.05) is 46.8 Å². The highest BCUT2D eigenvalue weighted by Crippen LogP contribution is 2.25. The Balaban J connectivity index is 1.91. The number of nitrogens with zero attached hydrogens (tertiary/aromatic N) is 2. The van der Waals surface area contributed by atoms with Crippen LogP contribution in [-0.4, -0.2) is 62.7 Å². The highest BCUT2D eigenvalue weighted by atomic mass is 15.2. The summed E-state index contributed by atoms with van der Waals surface area (Å²) in [5.74, 6) is 0. The van der Waals surface area contributed by atoms with Gasteiger partial charge in [-0.3, -0.25) is 4.90 Å². The first-order valence-electron chi connectivity index (χ1n) is 5.83. The molecular weight excluding hydrogens is 174 g/mol. The van der Waals surface area contributed by atoms with Crippen LogP contribution in [-0.2, 0) is 0 Å². The van der Waals surface area contributed by atoms with E-state index in [2.05, 4.69) is 36.1 Å². The van der Waals surface area contributed by atoms with Crippen LogP contribution < -0.4 is 5.32 Å². The monoisotopic (exact) mass is 199 g/mol. The lowest BCUT2D eigenvalue weighted by atomic mass is 10.4. The van der Waals surface area contributed by atoms with Crippen molar-refractivity contribution < 1.29 is 0 Å². The van der Waals surface area contributed by atoms with E-state index >= 15 is 0 Å². The molecule has 1 saturated carbocycles. The minimum absolute atomic E-state index is 0.913. The van der Waals surface area contributed by atoms with Gasteiger partial charge in [0.15, 0.2) is 0 Å². The Hall–Kier alpha value is -0.120. The van der Waals surface area contributed by atoms with Crippen molar-refractivity contribution in [1.29, 1.82) is 0 Å². The molecule has 0 aromatic carbocycles. The van der Waals surface area contributed by atoms with Crippen LogP contribution >= 0.6 is 0 Å². The van der Waals surface area contributed by atoms with Crippen LogP contribution in [0.5, 0.6) is 0 Å². The lowest BCUT2D eigenvalue weighted by Crippen LogP contribution is -2.35. The lowest BCUT2D eigenvalue weighted by molar-refractivity contribution is 0.275. The topological polar surface area (TPSA) is 18.5 Å². The molecule has 0 amide bonds. The molecule has 3 nitrogen and oxygen atoms in total. The lowest BCUT2D eigenvalue weighted by Gasteiger charge is -2.20. The fourth-order valence-corrected chi connectivity index (χ4v) is 1.69. The Morgan fingerprint density at radius 3 is 2.29 bits per heavy atom. The Morgan fingerprint density at radius 2 is 1.79 bits per heavy atom. The van der Waals surface area contributed by atoms with E-state index in [1.807, 2.05) is 0 Å². The number of hydrogen-bond donors (Lipinski definition) is 1. The number of likely N-dealkylation sites (N-methyl/N-ethyl adjacent to an activating group) is 2. The summed E-state index contributed by atoms with van der Waals surface area (Å²) in [6, 6.07) is 0.913. The van der Waals surface area contributed by atoms with Gasteiger partial charge in [-0.2, -0.15) is 0 Å². The maximum atomic E-state index is 3.48. The predicted octanol–water partition coefficient (Wildman–Crippen LogP) is 0.622. The third-order valence-electron chi connectivity index (χ3n) is 2.78. The van der Waals surface area contributed by atoms with Gasteiger partial charge in [0.25, 0.3) is 0 Å². The minimum Gasteiger partial charge on any atom is -0.314 e. The summed E-state index contributed by atoms with van der Waals surface area (Å²) in [4.78, 5) is 4.80. The van der Waals surface area contributed by atoms with E-state index in [-0.39, 0.29) is 0 Å². The molecule has 0 atom stereocenters. The Bertz CT molecular complexity index is 143. The average Bonchev–Trinajstić information content (AvgIpc) is 2.94. The van der Waals surface area contributed by atoms with Crippen molar-refractivity contribution in [3.8, 4) is 0 Å². The molecule has 0 aromatic heterocycles. The van der Waals surface area contributed by atoms with Crippen molar-refractivity contribution in [3.05, 3.63) is 0 Å². The zero-order valence-electron chi connectivity index (χ0n) is 9.92. The summed E-state index contributed by atoms with van der Waals surface area (Å²) in [7, 11) is 4.23. The summed E-state index contributed by atoms with van der Waals surface area (Å²) >= 11 is 0. The minimum atomic E-state index is 0.913. The van der Waals surface area contributed by atoms with E-state index < -0.39 is 0 Å². The molecule has 1 fully saturated rings. The second-order valence-electron chi connectivity index (χ2n) is 4.41. The molecule has 1 N–H and O–H groups in total. The molecule has 0 spiro atoms. The smallest absolute Gasteiger partial charge is 0.0110 e. The van der Waals surface area contributed by atoms with E-state index in [4.69, 9.17) is 0 Å². The SMILES string of the molecule is CCN(CCNCCN(C)C)C1CC1. The quantitative estimate of drug-likeness (QED) is 0.578. The number of hydrogen-bond acceptors (Lipinski definition) is 3. The van der Waals surface area contributed by atoms with Crippen molar-refractivity contribution >= 4 is 0 Å². The molecule has 3 heteroatoms. The fraction of sp³-hybridized carbons (Fsp3) is 1.00. The van der Waals surface area contributed by atoms with Crippen LogP contribution in [0.15, 0.2) is 0 Å². The van der Waals surface area contributed by atoms with Gasteiger partial charge >= 0.3 is 0 Å². The Morgan fingerprint density at radius 1 is 1.14 bits per heavy atom. The molecule has 0 saturated heterocycles. The molecular formula is C11H25N3. The van der Waals surface area contributed by atoms with Crippen LogP contribution in [0.3, 0.4) is 0 Å². The van der Waals surface area contributed by atoms with Gasteiger partial charge in [0.2, 0.25) is 0 Å². The van der Waals surface area contributed by atoms with Crippen molar-refractivity contribution in [3.63, 3.8) is 0 Å². The van der Waals surface area contributed by atoms with E-state index in [0.717, 1.165) is 25.7 Å². The normalized spacial score (nSPS) is 16.9. The summed E-state index contributed by atoms with van der Waals surface area (Å²) in [6.07, 6.45) is 2.84. The molecule has 0 aromatic rings. The average molecular weight is 199 g/mol. The molecule has 0 radical (unpaired) electrons. The van der Waals surface area contributed by atoms with Gasteiger partial charge in [0, 0.05) is 32.2 Å². The standard InChI is InChI=1S/C11H25N3/c1-4-14(11-5-6-11)10-8-12-7-9-13(2)3/h11-12H,4-10H2,1-3H3. The molecule has 1 aliphatic carbocycles. The molecule has 1 rings (SSSR count). The highest BCUT2D eigenvalue weighted by Gasteiger charge is 2.26. The zero-order chi connectivity index (χ0) is 10.4. The van der Waals surface area contributed by atoms with Gasteiger partial charge in [-0.1, -0.05) is 6.92 Å². The van der Waals surface area contributed by atoms with Gasteiger partial charge in [-0.05, 0) is 33.5 Å². The largest absolute Gasteiger partial charge is 0.314 e. The second-order valence-corrected chi connectivity index (χ2v) is 4.41. The van der Waals surface area contributed by atoms with E-state index in [1.54, 1.807) is 0 Å². The van der Waals surface area contributed by atoms with E-state index in [0.29, 0.717) is 0 Å². The summed E-state index contributed by atoms with van der Waals surface area (Å²) < 4.78 is 0. The predicted molar refractivity (Wildman–Crippen MR) is 61.7 cm³/mol. The summed E-state index contributed by atoms with van der Waals surface area (Å²) in [6.45, 7) is 8.07. The Labute approximate surface area is 88.5 Å². The molecule has 0 bridgehead atoms. The third kappa shape index (κ3) is 4.94. The van der Waals surface area contributed by atoms with Crippen LogP contribution in [0.25, 0.3) is 0 Å². The first kappa shape index (κ1) is 12.0. The van der Waals surface area contributed by atoms with Crippen LogP contribution in [0, 0.1) is 0 Å². The summed E-state index contributed by atoms with van der Waals surface area (Å²) in [5, 5.41) is 3.48. The highest BCUT2D eigenvalue weighted by molar-refractivity contribution is 4.83. The van der Waals surface area contributed by atoms with E-state index in [1.165, 1.54) is 25.9 Å². The van der Waals surface area contributed by atoms with E-state index in [9.17, 15) is 0 Å². The molecule has 1 aliphatic rings. The maximum absolute atomic E-state index is 3.48. The van der Waals surface area contributed by atoms with Crippen molar-refractivity contribution in [2.45, 2.75) is 25.8 Å². The van der Waals surface area contributed by atoms with Crippen LogP contribution in [0.2, 0.25) is 0 Å². The first-order chi connectivity index (χ1) is 6.74. The van der Waals surface area contributed by atoms with Crippen molar-refractivity contribution in [2.24, 2.45) is 0 Å². The van der Waals surface area contributed by atoms with Gasteiger partial charge in [-0.15, -0.1) is 0 Å². The molecule has 0 unspecified atom stereocenters. The fourth-order valence-electron chi connectivity index (χ4n) is 1.69. The third-order valence-corrected chi connectivity index (χ3v) is 2.78. The molecule has 14 heavy (non-hydrogen) atoms. The maximum Gasteiger partial charge on any atom is 0.0110 e. The molecule has 84 valence electrons. The van der Waals surface area contributed by atoms with Crippen LogP contribution in [0.1, 0.15) is 19.8 Å². The number of rotatable bonds is 8. The number of nitrogens with one attached hydrogen (secondary N) is 1. The van der Waals surface area contributed by atoms with Gasteiger partial charge in [0.1, 0.15) is 0 Å². The zero-order valence-corrected chi connectivity index (χ0v) is 9.92. The van der Waals surface area contributed by atoms with Crippen LogP contribution in [0.4, 0.5) is 0 Å². The summed E-state index contributed by atoms with van der Waals surface area (Å²) in [5.41, 5.74) is 0. The van der Waals surface area contributed by atoms with Gasteiger partial charge in [0.05, 0.1) is 0 Å². The van der Waals surface area contributed by atoms with Gasteiger partial charge < -0.3 is 10.2 Å². The van der Waals surface area contributed by atoms with Gasteiger partial charge in [-0.25, -0.2) is 0 Å². The first-order valence-corrected chi connectivity index (χ1v) is 5.83.